The third kappa shape index (κ3) is 6.88. The Morgan fingerprint density at radius 1 is 0.972 bits per heavy atom. The number of nitrogens with zero attached hydrogens (tertiary/aromatic N) is 3. The van der Waals surface area contributed by atoms with Crippen LogP contribution >= 0.6 is 0 Å². The van der Waals surface area contributed by atoms with E-state index in [9.17, 15) is 9.59 Å². The lowest BCUT2D eigenvalue weighted by atomic mass is 10.1. The first-order valence-electron chi connectivity index (χ1n) is 11.7. The molecule has 0 saturated carbocycles. The highest BCUT2D eigenvalue weighted by molar-refractivity contribution is 5.83. The van der Waals surface area contributed by atoms with Gasteiger partial charge in [0.1, 0.15) is 29.6 Å². The van der Waals surface area contributed by atoms with E-state index < -0.39 is 23.7 Å². The van der Waals surface area contributed by atoms with Crippen LogP contribution in [0.4, 0.5) is 4.79 Å². The molecule has 0 radical (unpaired) electrons. The number of ether oxygens (including phenoxy) is 2. The van der Waals surface area contributed by atoms with Gasteiger partial charge in [-0.3, -0.25) is 0 Å². The van der Waals surface area contributed by atoms with Crippen molar-refractivity contribution in [2.75, 3.05) is 0 Å². The summed E-state index contributed by atoms with van der Waals surface area (Å²) in [5.41, 5.74) is 2.78. The number of nitrogens with one attached hydrogen (secondary N) is 2. The minimum Gasteiger partial charge on any atom is -0.459 e. The Morgan fingerprint density at radius 3 is 2.31 bits per heavy atom. The molecule has 0 aliphatic carbocycles. The number of imidazole rings is 1. The van der Waals surface area contributed by atoms with Crippen LogP contribution in [0.15, 0.2) is 67.0 Å². The number of fused-ring (bicyclic) bond motifs is 1. The zero-order valence-corrected chi connectivity index (χ0v) is 20.5. The second-order valence-electron chi connectivity index (χ2n) is 9.35. The molecule has 2 heterocycles. The van der Waals surface area contributed by atoms with Gasteiger partial charge in [0.25, 0.3) is 0 Å². The Labute approximate surface area is 209 Å². The number of aromatic amines is 1. The number of hydrogen-bond donors (Lipinski definition) is 2. The number of carbonyl (C=O) groups is 2. The van der Waals surface area contributed by atoms with E-state index in [0.717, 1.165) is 11.1 Å². The molecule has 2 aromatic heterocycles. The topological polar surface area (TPSA) is 119 Å². The number of aromatic nitrogens is 4. The van der Waals surface area contributed by atoms with E-state index in [2.05, 4.69) is 20.3 Å². The minimum absolute atomic E-state index is 0.0653. The molecule has 4 aromatic rings. The van der Waals surface area contributed by atoms with Crippen LogP contribution in [0.3, 0.4) is 0 Å². The molecule has 1 amide bonds. The normalized spacial score (nSPS) is 12.2. The summed E-state index contributed by atoms with van der Waals surface area (Å²) in [6.07, 6.45) is 1.37. The molecule has 0 spiro atoms. The van der Waals surface area contributed by atoms with Crippen molar-refractivity contribution in [1.29, 1.82) is 0 Å². The molecule has 9 nitrogen and oxygen atoms in total. The number of esters is 1. The van der Waals surface area contributed by atoms with Gasteiger partial charge < -0.3 is 19.8 Å². The van der Waals surface area contributed by atoms with E-state index >= 15 is 0 Å². The summed E-state index contributed by atoms with van der Waals surface area (Å²) in [5, 5.41) is 2.65. The SMILES string of the molecule is CC(C)(C)OC(=O)NC(Cc1nc(Cc2ccccc2)nc2nc[nH]c12)C(=O)OCc1ccccc1. The van der Waals surface area contributed by atoms with Gasteiger partial charge in [0.05, 0.1) is 12.0 Å². The predicted molar refractivity (Wildman–Crippen MR) is 134 cm³/mol. The Morgan fingerprint density at radius 2 is 1.64 bits per heavy atom. The molecule has 0 saturated heterocycles. The zero-order valence-electron chi connectivity index (χ0n) is 20.5. The van der Waals surface area contributed by atoms with E-state index in [1.807, 2.05) is 60.7 Å². The third-order valence-corrected chi connectivity index (χ3v) is 5.21. The van der Waals surface area contributed by atoms with Crippen molar-refractivity contribution in [2.24, 2.45) is 0 Å². The Hall–Kier alpha value is -4.27. The molecule has 0 aliphatic rings. The second kappa shape index (κ2) is 11.0. The van der Waals surface area contributed by atoms with Crippen molar-refractivity contribution < 1.29 is 19.1 Å². The third-order valence-electron chi connectivity index (χ3n) is 5.21. The van der Waals surface area contributed by atoms with Crippen LogP contribution in [0, 0.1) is 0 Å². The fourth-order valence-corrected chi connectivity index (χ4v) is 3.61. The molecular weight excluding hydrogens is 458 g/mol. The summed E-state index contributed by atoms with van der Waals surface area (Å²) >= 11 is 0. The Bertz CT molecular complexity index is 1320. The van der Waals surface area contributed by atoms with Crippen molar-refractivity contribution in [3.05, 3.63) is 89.6 Å². The Balaban J connectivity index is 1.58. The zero-order chi connectivity index (χ0) is 25.5. The average Bonchev–Trinajstić information content (AvgIpc) is 3.31. The summed E-state index contributed by atoms with van der Waals surface area (Å²) in [7, 11) is 0. The van der Waals surface area contributed by atoms with Crippen molar-refractivity contribution >= 4 is 23.2 Å². The number of benzene rings is 2. The molecule has 0 fully saturated rings. The maximum Gasteiger partial charge on any atom is 0.408 e. The van der Waals surface area contributed by atoms with E-state index in [-0.39, 0.29) is 13.0 Å². The molecule has 1 atom stereocenters. The van der Waals surface area contributed by atoms with E-state index in [4.69, 9.17) is 14.5 Å². The highest BCUT2D eigenvalue weighted by atomic mass is 16.6. The van der Waals surface area contributed by atoms with Crippen LogP contribution in [0.5, 0.6) is 0 Å². The van der Waals surface area contributed by atoms with Gasteiger partial charge in [0.2, 0.25) is 0 Å². The van der Waals surface area contributed by atoms with Gasteiger partial charge in [-0.1, -0.05) is 60.7 Å². The lowest BCUT2D eigenvalue weighted by molar-refractivity contribution is -0.147. The molecule has 0 bridgehead atoms. The van der Waals surface area contributed by atoms with Gasteiger partial charge in [0, 0.05) is 12.8 Å². The van der Waals surface area contributed by atoms with Crippen LogP contribution in [-0.2, 0) is 33.7 Å². The highest BCUT2D eigenvalue weighted by Crippen LogP contribution is 2.17. The fraction of sp³-hybridized carbons (Fsp3) is 0.296. The van der Waals surface area contributed by atoms with Gasteiger partial charge >= 0.3 is 12.1 Å². The highest BCUT2D eigenvalue weighted by Gasteiger charge is 2.28. The number of hydrogen-bond acceptors (Lipinski definition) is 7. The fourth-order valence-electron chi connectivity index (χ4n) is 3.61. The van der Waals surface area contributed by atoms with Gasteiger partial charge in [-0.2, -0.15) is 0 Å². The first-order chi connectivity index (χ1) is 17.3. The largest absolute Gasteiger partial charge is 0.459 e. The van der Waals surface area contributed by atoms with E-state index in [1.165, 1.54) is 6.33 Å². The van der Waals surface area contributed by atoms with Crippen molar-refractivity contribution in [3.63, 3.8) is 0 Å². The maximum absolute atomic E-state index is 13.1. The monoisotopic (exact) mass is 487 g/mol. The molecule has 186 valence electrons. The number of amides is 1. The van der Waals surface area contributed by atoms with Crippen LogP contribution in [0.25, 0.3) is 11.2 Å². The van der Waals surface area contributed by atoms with Crippen molar-refractivity contribution in [1.82, 2.24) is 25.3 Å². The number of alkyl carbamates (subject to hydrolysis) is 1. The Kier molecular flexibility index (Phi) is 7.58. The lowest BCUT2D eigenvalue weighted by Crippen LogP contribution is -2.45. The average molecular weight is 488 g/mol. The number of carbonyl (C=O) groups excluding carboxylic acids is 2. The van der Waals surface area contributed by atoms with Gasteiger partial charge in [0.15, 0.2) is 5.65 Å². The lowest BCUT2D eigenvalue weighted by Gasteiger charge is -2.23. The van der Waals surface area contributed by atoms with Crippen LogP contribution in [0.1, 0.15) is 43.4 Å². The molecule has 1 unspecified atom stereocenters. The van der Waals surface area contributed by atoms with Crippen molar-refractivity contribution in [2.45, 2.75) is 51.9 Å². The summed E-state index contributed by atoms with van der Waals surface area (Å²) in [6, 6.07) is 18.1. The van der Waals surface area contributed by atoms with Crippen molar-refractivity contribution in [3.8, 4) is 0 Å². The van der Waals surface area contributed by atoms with Gasteiger partial charge in [-0.05, 0) is 31.9 Å². The smallest absolute Gasteiger partial charge is 0.408 e. The molecule has 4 rings (SSSR count). The molecule has 0 aliphatic heterocycles. The standard InChI is InChI=1S/C27H29N5O4/c1-27(2,3)36-26(34)31-21(25(33)35-16-19-12-8-5-9-13-19)15-20-23-24(29-17-28-23)32-22(30-20)14-18-10-6-4-7-11-18/h4-13,17,21H,14-16H2,1-3H3,(H,31,34)(H,28,29,30,32). The van der Waals surface area contributed by atoms with E-state index in [1.54, 1.807) is 20.8 Å². The molecular formula is C27H29N5O4. The number of rotatable bonds is 8. The summed E-state index contributed by atoms with van der Waals surface area (Å²) in [6.45, 7) is 5.34. The molecule has 9 heteroatoms. The molecule has 36 heavy (non-hydrogen) atoms. The minimum atomic E-state index is -1.03. The molecule has 2 N–H and O–H groups in total. The van der Waals surface area contributed by atoms with E-state index in [0.29, 0.717) is 29.1 Å². The van der Waals surface area contributed by atoms with Crippen LogP contribution in [-0.4, -0.2) is 43.6 Å². The summed E-state index contributed by atoms with van der Waals surface area (Å²) < 4.78 is 10.9. The predicted octanol–water partition coefficient (Wildman–Crippen LogP) is 4.12. The molecule has 2 aromatic carbocycles. The number of H-pyrrole nitrogens is 1. The van der Waals surface area contributed by atoms with Crippen LogP contribution < -0.4 is 5.32 Å². The second-order valence-corrected chi connectivity index (χ2v) is 9.35. The summed E-state index contributed by atoms with van der Waals surface area (Å²) in [4.78, 5) is 42.3. The quantitative estimate of drug-likeness (QED) is 0.359. The van der Waals surface area contributed by atoms with Gasteiger partial charge in [-0.15, -0.1) is 0 Å². The first kappa shape index (κ1) is 24.8. The first-order valence-corrected chi connectivity index (χ1v) is 11.7. The maximum atomic E-state index is 13.1. The van der Waals surface area contributed by atoms with Gasteiger partial charge in [-0.25, -0.2) is 24.5 Å². The summed E-state index contributed by atoms with van der Waals surface area (Å²) in [5.74, 6) is -0.0370. The van der Waals surface area contributed by atoms with Crippen LogP contribution in [0.2, 0.25) is 0 Å².